The second-order valence-corrected chi connectivity index (χ2v) is 4.75. The summed E-state index contributed by atoms with van der Waals surface area (Å²) in [5.74, 6) is -0.799. The van der Waals surface area contributed by atoms with Crippen molar-refractivity contribution in [3.63, 3.8) is 0 Å². The summed E-state index contributed by atoms with van der Waals surface area (Å²) in [6.45, 7) is 3.55. The van der Waals surface area contributed by atoms with Crippen LogP contribution < -0.4 is 4.74 Å². The smallest absolute Gasteiger partial charge is 0.129 e. The molecule has 0 saturated carbocycles. The zero-order valence-electron chi connectivity index (χ0n) is 11.7. The number of aryl methyl sites for hydroxylation is 1. The number of ether oxygens (including phenoxy) is 1. The van der Waals surface area contributed by atoms with Gasteiger partial charge in [-0.25, -0.2) is 8.78 Å². The molecule has 0 saturated heterocycles. The Bertz CT molecular complexity index is 664. The van der Waals surface area contributed by atoms with Gasteiger partial charge in [-0.15, -0.1) is 0 Å². The molecule has 0 aliphatic carbocycles. The van der Waals surface area contributed by atoms with Crippen LogP contribution in [0, 0.1) is 18.6 Å². The Morgan fingerprint density at radius 3 is 2.43 bits per heavy atom. The maximum atomic E-state index is 13.1. The van der Waals surface area contributed by atoms with Gasteiger partial charge >= 0.3 is 0 Å². The summed E-state index contributed by atoms with van der Waals surface area (Å²) in [5, 5.41) is 12.0. The minimum absolute atomic E-state index is 0.0177. The van der Waals surface area contributed by atoms with Gasteiger partial charge in [0.2, 0.25) is 0 Å². The SMILES string of the molecule is C/C(=N/O)c1ccc(C)cc1OCc1cc(F)cc(F)c1. The summed E-state index contributed by atoms with van der Waals surface area (Å²) in [4.78, 5) is 0. The van der Waals surface area contributed by atoms with Crippen LogP contribution in [0.25, 0.3) is 0 Å². The van der Waals surface area contributed by atoms with Crippen LogP contribution in [0.1, 0.15) is 23.6 Å². The second-order valence-electron chi connectivity index (χ2n) is 4.75. The highest BCUT2D eigenvalue weighted by Gasteiger charge is 2.09. The molecule has 2 aromatic carbocycles. The molecule has 0 radical (unpaired) electrons. The van der Waals surface area contributed by atoms with Crippen molar-refractivity contribution >= 4 is 5.71 Å². The molecule has 0 aliphatic rings. The Kier molecular flexibility index (Phi) is 4.52. The first-order valence-corrected chi connectivity index (χ1v) is 6.37. The van der Waals surface area contributed by atoms with Crippen LogP contribution in [0.4, 0.5) is 8.78 Å². The lowest BCUT2D eigenvalue weighted by molar-refractivity contribution is 0.302. The van der Waals surface area contributed by atoms with E-state index in [4.69, 9.17) is 9.94 Å². The third-order valence-corrected chi connectivity index (χ3v) is 2.99. The average Bonchev–Trinajstić information content (AvgIpc) is 2.43. The normalized spacial score (nSPS) is 11.5. The first kappa shape index (κ1) is 15.0. The van der Waals surface area contributed by atoms with Gasteiger partial charge in [0.15, 0.2) is 0 Å². The fourth-order valence-corrected chi connectivity index (χ4v) is 1.96. The van der Waals surface area contributed by atoms with Crippen molar-refractivity contribution in [2.75, 3.05) is 0 Å². The Morgan fingerprint density at radius 1 is 1.14 bits per heavy atom. The van der Waals surface area contributed by atoms with Crippen molar-refractivity contribution in [3.05, 3.63) is 64.7 Å². The van der Waals surface area contributed by atoms with Gasteiger partial charge < -0.3 is 9.94 Å². The van der Waals surface area contributed by atoms with E-state index in [-0.39, 0.29) is 6.61 Å². The number of benzene rings is 2. The molecule has 0 spiro atoms. The molecule has 1 N–H and O–H groups in total. The van der Waals surface area contributed by atoms with E-state index in [9.17, 15) is 8.78 Å². The van der Waals surface area contributed by atoms with E-state index in [1.165, 1.54) is 12.1 Å². The van der Waals surface area contributed by atoms with Crippen molar-refractivity contribution < 1.29 is 18.7 Å². The van der Waals surface area contributed by atoms with E-state index < -0.39 is 11.6 Å². The second kappa shape index (κ2) is 6.35. The molecule has 5 heteroatoms. The molecule has 0 fully saturated rings. The summed E-state index contributed by atoms with van der Waals surface area (Å²) in [5.41, 5.74) is 2.37. The highest BCUT2D eigenvalue weighted by atomic mass is 19.1. The Hall–Kier alpha value is -2.43. The van der Waals surface area contributed by atoms with Crippen molar-refractivity contribution in [3.8, 4) is 5.75 Å². The largest absolute Gasteiger partial charge is 0.488 e. The molecule has 0 atom stereocenters. The average molecular weight is 291 g/mol. The van der Waals surface area contributed by atoms with E-state index >= 15 is 0 Å². The van der Waals surface area contributed by atoms with Crippen molar-refractivity contribution in [1.82, 2.24) is 0 Å². The molecule has 110 valence electrons. The molecule has 0 unspecified atom stereocenters. The quantitative estimate of drug-likeness (QED) is 0.524. The topological polar surface area (TPSA) is 41.8 Å². The maximum absolute atomic E-state index is 13.1. The highest BCUT2D eigenvalue weighted by molar-refractivity contribution is 6.00. The third kappa shape index (κ3) is 3.78. The number of oxime groups is 1. The van der Waals surface area contributed by atoms with Crippen LogP contribution in [-0.4, -0.2) is 10.9 Å². The molecule has 0 aromatic heterocycles. The summed E-state index contributed by atoms with van der Waals surface area (Å²) in [6, 6.07) is 8.64. The fraction of sp³-hybridized carbons (Fsp3) is 0.188. The number of nitrogens with zero attached hydrogens (tertiary/aromatic N) is 1. The number of halogens is 2. The van der Waals surface area contributed by atoms with Crippen LogP contribution in [0.3, 0.4) is 0 Å². The zero-order valence-corrected chi connectivity index (χ0v) is 11.7. The van der Waals surface area contributed by atoms with Crippen LogP contribution >= 0.6 is 0 Å². The maximum Gasteiger partial charge on any atom is 0.129 e. The monoisotopic (exact) mass is 291 g/mol. The molecule has 21 heavy (non-hydrogen) atoms. The molecule has 0 bridgehead atoms. The van der Waals surface area contributed by atoms with Crippen LogP contribution in [-0.2, 0) is 6.61 Å². The van der Waals surface area contributed by atoms with Crippen LogP contribution in [0.15, 0.2) is 41.6 Å². The summed E-state index contributed by atoms with van der Waals surface area (Å²) in [7, 11) is 0. The predicted octanol–water partition coefficient (Wildman–Crippen LogP) is 4.05. The first-order valence-electron chi connectivity index (χ1n) is 6.37. The number of hydrogen-bond donors (Lipinski definition) is 1. The van der Waals surface area contributed by atoms with Crippen LogP contribution in [0.5, 0.6) is 5.75 Å². The Labute approximate surface area is 121 Å². The molecule has 2 aromatic rings. The van der Waals surface area contributed by atoms with E-state index in [1.54, 1.807) is 19.1 Å². The molecule has 0 aliphatic heterocycles. The van der Waals surface area contributed by atoms with E-state index in [0.29, 0.717) is 22.6 Å². The van der Waals surface area contributed by atoms with Crippen LogP contribution in [0.2, 0.25) is 0 Å². The van der Waals surface area contributed by atoms with Gasteiger partial charge in [0, 0.05) is 11.6 Å². The standard InChI is InChI=1S/C16H15F2NO2/c1-10-3-4-15(11(2)19-20)16(5-10)21-9-12-6-13(17)8-14(18)7-12/h3-8,20H,9H2,1-2H3/b19-11-. The summed E-state index contributed by atoms with van der Waals surface area (Å²) >= 11 is 0. The van der Waals surface area contributed by atoms with E-state index in [2.05, 4.69) is 5.16 Å². The molecule has 0 heterocycles. The highest BCUT2D eigenvalue weighted by Crippen LogP contribution is 2.23. The van der Waals surface area contributed by atoms with Gasteiger partial charge in [0.1, 0.15) is 24.0 Å². The predicted molar refractivity (Wildman–Crippen MR) is 75.9 cm³/mol. The molecule has 3 nitrogen and oxygen atoms in total. The lowest BCUT2D eigenvalue weighted by Crippen LogP contribution is -2.03. The lowest BCUT2D eigenvalue weighted by atomic mass is 10.1. The van der Waals surface area contributed by atoms with E-state index in [1.807, 2.05) is 13.0 Å². The van der Waals surface area contributed by atoms with Gasteiger partial charge in [-0.3, -0.25) is 0 Å². The van der Waals surface area contributed by atoms with Crippen molar-refractivity contribution in [2.45, 2.75) is 20.5 Å². The molecular formula is C16H15F2NO2. The van der Waals surface area contributed by atoms with Gasteiger partial charge in [0.25, 0.3) is 0 Å². The first-order chi connectivity index (χ1) is 9.99. The van der Waals surface area contributed by atoms with E-state index in [0.717, 1.165) is 11.6 Å². The van der Waals surface area contributed by atoms with Gasteiger partial charge in [-0.05, 0) is 49.2 Å². The summed E-state index contributed by atoms with van der Waals surface area (Å²) in [6.07, 6.45) is 0. The molecule has 2 rings (SSSR count). The number of rotatable bonds is 4. The van der Waals surface area contributed by atoms with Gasteiger partial charge in [0.05, 0.1) is 5.71 Å². The third-order valence-electron chi connectivity index (χ3n) is 2.99. The molecular weight excluding hydrogens is 276 g/mol. The minimum atomic E-state index is -0.647. The van der Waals surface area contributed by atoms with Crippen molar-refractivity contribution in [1.29, 1.82) is 0 Å². The molecule has 0 amide bonds. The fourth-order valence-electron chi connectivity index (χ4n) is 1.96. The zero-order chi connectivity index (χ0) is 15.4. The Morgan fingerprint density at radius 2 is 1.81 bits per heavy atom. The number of hydrogen-bond acceptors (Lipinski definition) is 3. The van der Waals surface area contributed by atoms with Gasteiger partial charge in [-0.2, -0.15) is 0 Å². The lowest BCUT2D eigenvalue weighted by Gasteiger charge is -2.12. The van der Waals surface area contributed by atoms with Gasteiger partial charge in [-0.1, -0.05) is 11.2 Å². The van der Waals surface area contributed by atoms with Crippen molar-refractivity contribution in [2.24, 2.45) is 5.16 Å². The minimum Gasteiger partial charge on any atom is -0.488 e. The summed E-state index contributed by atoms with van der Waals surface area (Å²) < 4.78 is 31.9. The Balaban J connectivity index is 2.25.